The summed E-state index contributed by atoms with van der Waals surface area (Å²) < 4.78 is 5.95. The molecule has 1 fully saturated rings. The van der Waals surface area contributed by atoms with E-state index >= 15 is 0 Å². The molecule has 1 atom stereocenters. The fourth-order valence-corrected chi connectivity index (χ4v) is 2.40. The van der Waals surface area contributed by atoms with Crippen LogP contribution in [0, 0.1) is 0 Å². The zero-order chi connectivity index (χ0) is 9.26. The minimum absolute atomic E-state index is 0.381. The molecule has 0 bridgehead atoms. The molecule has 4 heteroatoms. The average molecular weight is 218 g/mol. The van der Waals surface area contributed by atoms with E-state index in [1.807, 2.05) is 6.07 Å². The lowest BCUT2D eigenvalue weighted by Gasteiger charge is -2.29. The maximum Gasteiger partial charge on any atom is 0.0931 e. The predicted octanol–water partition coefficient (Wildman–Crippen LogP) is 2.45. The summed E-state index contributed by atoms with van der Waals surface area (Å²) in [6.07, 6.45) is 0. The summed E-state index contributed by atoms with van der Waals surface area (Å²) in [6, 6.07) is 4.92. The number of hydrogen-bond acceptors (Lipinski definition) is 3. The molecule has 1 saturated heterocycles. The fraction of sp³-hybridized carbons (Fsp3) is 0.556. The number of hydrogen-bond donors (Lipinski definition) is 1. The number of halogens is 1. The van der Waals surface area contributed by atoms with Crippen LogP contribution in [0.5, 0.6) is 0 Å². The van der Waals surface area contributed by atoms with Crippen LogP contribution in [0.15, 0.2) is 12.1 Å². The molecule has 13 heavy (non-hydrogen) atoms. The quantitative estimate of drug-likeness (QED) is 0.840. The Bertz CT molecular complexity index is 285. The zero-order valence-corrected chi connectivity index (χ0v) is 8.99. The van der Waals surface area contributed by atoms with Gasteiger partial charge in [-0.3, -0.25) is 0 Å². The molecule has 0 aromatic carbocycles. The Morgan fingerprint density at radius 3 is 2.85 bits per heavy atom. The van der Waals surface area contributed by atoms with Gasteiger partial charge in [-0.1, -0.05) is 11.6 Å². The molecule has 2 nitrogen and oxygen atoms in total. The molecule has 0 saturated carbocycles. The summed E-state index contributed by atoms with van der Waals surface area (Å²) in [5.74, 6) is 0. The van der Waals surface area contributed by atoms with E-state index in [1.54, 1.807) is 11.3 Å². The van der Waals surface area contributed by atoms with Crippen LogP contribution in [-0.4, -0.2) is 19.3 Å². The van der Waals surface area contributed by atoms with Crippen molar-refractivity contribution in [3.8, 4) is 0 Å². The molecule has 1 N–H and O–H groups in total. The largest absolute Gasteiger partial charge is 0.378 e. The minimum atomic E-state index is 0.381. The first-order valence-corrected chi connectivity index (χ1v) is 5.54. The molecule has 1 aromatic heterocycles. The fourth-order valence-electron chi connectivity index (χ4n) is 1.33. The summed E-state index contributed by atoms with van der Waals surface area (Å²) in [5.41, 5.74) is 0. The van der Waals surface area contributed by atoms with E-state index in [4.69, 9.17) is 16.3 Å². The van der Waals surface area contributed by atoms with Gasteiger partial charge in [-0.05, 0) is 19.1 Å². The van der Waals surface area contributed by atoms with Crippen molar-refractivity contribution in [2.45, 2.75) is 19.0 Å². The summed E-state index contributed by atoms with van der Waals surface area (Å²) in [5, 5.41) is 3.47. The number of rotatable bonds is 3. The van der Waals surface area contributed by atoms with E-state index in [0.717, 1.165) is 17.6 Å². The van der Waals surface area contributed by atoms with Crippen LogP contribution in [-0.2, 0) is 4.74 Å². The van der Waals surface area contributed by atoms with Crippen molar-refractivity contribution in [2.75, 3.05) is 13.2 Å². The highest BCUT2D eigenvalue weighted by atomic mass is 35.5. The van der Waals surface area contributed by atoms with Gasteiger partial charge in [-0.2, -0.15) is 0 Å². The third-order valence-electron chi connectivity index (χ3n) is 2.14. The van der Waals surface area contributed by atoms with Gasteiger partial charge >= 0.3 is 0 Å². The van der Waals surface area contributed by atoms with E-state index in [9.17, 15) is 0 Å². The molecular weight excluding hydrogens is 206 g/mol. The van der Waals surface area contributed by atoms with Crippen LogP contribution in [0.3, 0.4) is 0 Å². The standard InChI is InChI=1S/C9H12ClNOS/c1-6(11-7-4-12-5-7)8-2-3-9(10)13-8/h2-3,6-7,11H,4-5H2,1H3/t6-/m1/s1. The normalized spacial score (nSPS) is 19.8. The Kier molecular flexibility index (Phi) is 2.89. The molecule has 2 heterocycles. The highest BCUT2D eigenvalue weighted by Crippen LogP contribution is 2.27. The van der Waals surface area contributed by atoms with Crippen LogP contribution < -0.4 is 5.32 Å². The lowest BCUT2D eigenvalue weighted by molar-refractivity contribution is -0.00909. The van der Waals surface area contributed by atoms with Crippen molar-refractivity contribution in [3.63, 3.8) is 0 Å². The number of nitrogens with one attached hydrogen (secondary N) is 1. The summed E-state index contributed by atoms with van der Waals surface area (Å²) >= 11 is 7.49. The van der Waals surface area contributed by atoms with Gasteiger partial charge in [0.15, 0.2) is 0 Å². The van der Waals surface area contributed by atoms with Crippen molar-refractivity contribution in [2.24, 2.45) is 0 Å². The van der Waals surface area contributed by atoms with Crippen molar-refractivity contribution in [1.82, 2.24) is 5.32 Å². The Labute approximate surface area is 86.9 Å². The van der Waals surface area contributed by atoms with E-state index in [1.165, 1.54) is 4.88 Å². The first-order chi connectivity index (χ1) is 6.25. The van der Waals surface area contributed by atoms with Gasteiger partial charge in [0, 0.05) is 10.9 Å². The molecule has 1 aliphatic heterocycles. The molecule has 2 rings (SSSR count). The second kappa shape index (κ2) is 3.96. The van der Waals surface area contributed by atoms with E-state index in [0.29, 0.717) is 12.1 Å². The molecule has 72 valence electrons. The van der Waals surface area contributed by atoms with Crippen molar-refractivity contribution >= 4 is 22.9 Å². The maximum absolute atomic E-state index is 5.85. The number of thiophene rings is 1. The molecule has 0 unspecified atom stereocenters. The summed E-state index contributed by atoms with van der Waals surface area (Å²) in [7, 11) is 0. The van der Waals surface area contributed by atoms with Crippen LogP contribution in [0.1, 0.15) is 17.8 Å². The molecule has 1 aromatic rings. The first kappa shape index (κ1) is 9.46. The van der Waals surface area contributed by atoms with Gasteiger partial charge < -0.3 is 10.1 Å². The van der Waals surface area contributed by atoms with E-state index < -0.39 is 0 Å². The van der Waals surface area contributed by atoms with Crippen LogP contribution in [0.4, 0.5) is 0 Å². The Hall–Kier alpha value is -0.0900. The maximum atomic E-state index is 5.85. The van der Waals surface area contributed by atoms with Gasteiger partial charge in [-0.15, -0.1) is 11.3 Å². The summed E-state index contributed by atoms with van der Waals surface area (Å²) in [4.78, 5) is 1.29. The Morgan fingerprint density at radius 2 is 2.38 bits per heavy atom. The first-order valence-electron chi connectivity index (χ1n) is 4.35. The Balaban J connectivity index is 1.92. The lowest BCUT2D eigenvalue weighted by Crippen LogP contribution is -2.46. The van der Waals surface area contributed by atoms with Crippen molar-refractivity contribution in [3.05, 3.63) is 21.3 Å². The van der Waals surface area contributed by atoms with Gasteiger partial charge in [0.2, 0.25) is 0 Å². The van der Waals surface area contributed by atoms with Gasteiger partial charge in [0.05, 0.1) is 23.6 Å². The monoisotopic (exact) mass is 217 g/mol. The highest BCUT2D eigenvalue weighted by molar-refractivity contribution is 7.16. The number of ether oxygens (including phenoxy) is 1. The Morgan fingerprint density at radius 1 is 1.62 bits per heavy atom. The third-order valence-corrected chi connectivity index (χ3v) is 3.56. The van der Waals surface area contributed by atoms with Crippen LogP contribution in [0.25, 0.3) is 0 Å². The van der Waals surface area contributed by atoms with Crippen molar-refractivity contribution in [1.29, 1.82) is 0 Å². The molecule has 0 amide bonds. The second-order valence-corrected chi connectivity index (χ2v) is 5.01. The van der Waals surface area contributed by atoms with Gasteiger partial charge in [-0.25, -0.2) is 0 Å². The molecule has 0 radical (unpaired) electrons. The van der Waals surface area contributed by atoms with E-state index in [2.05, 4.69) is 18.3 Å². The SMILES string of the molecule is C[C@@H](NC1COC1)c1ccc(Cl)s1. The minimum Gasteiger partial charge on any atom is -0.378 e. The molecule has 0 spiro atoms. The van der Waals surface area contributed by atoms with Gasteiger partial charge in [0.1, 0.15) is 0 Å². The molecule has 1 aliphatic rings. The smallest absolute Gasteiger partial charge is 0.0931 e. The van der Waals surface area contributed by atoms with Crippen LogP contribution >= 0.6 is 22.9 Å². The summed E-state index contributed by atoms with van der Waals surface area (Å²) in [6.45, 7) is 3.83. The lowest BCUT2D eigenvalue weighted by atomic mass is 10.2. The van der Waals surface area contributed by atoms with Gasteiger partial charge in [0.25, 0.3) is 0 Å². The topological polar surface area (TPSA) is 21.3 Å². The highest BCUT2D eigenvalue weighted by Gasteiger charge is 2.20. The van der Waals surface area contributed by atoms with Crippen LogP contribution in [0.2, 0.25) is 4.34 Å². The van der Waals surface area contributed by atoms with E-state index in [-0.39, 0.29) is 0 Å². The predicted molar refractivity (Wildman–Crippen MR) is 55.5 cm³/mol. The zero-order valence-electron chi connectivity index (χ0n) is 7.42. The molecule has 0 aliphatic carbocycles. The van der Waals surface area contributed by atoms with Crippen molar-refractivity contribution < 1.29 is 4.74 Å². The molecular formula is C9H12ClNOS. The second-order valence-electron chi connectivity index (χ2n) is 3.26. The third kappa shape index (κ3) is 2.23. The average Bonchev–Trinajstić information content (AvgIpc) is 2.44.